The minimum absolute atomic E-state index is 0.455. The van der Waals surface area contributed by atoms with Gasteiger partial charge in [0.25, 0.3) is 0 Å². The van der Waals surface area contributed by atoms with Crippen LogP contribution in [0.5, 0.6) is 17.2 Å². The highest BCUT2D eigenvalue weighted by Gasteiger charge is 2.07. The van der Waals surface area contributed by atoms with E-state index in [2.05, 4.69) is 10.6 Å². The van der Waals surface area contributed by atoms with E-state index in [1.165, 1.54) is 0 Å². The molecule has 0 saturated heterocycles. The third-order valence-electron chi connectivity index (χ3n) is 3.00. The SMILES string of the molecule is COc1ccccc1NC(=S)Nc1ccc(OC)c(OC)c1. The lowest BCUT2D eigenvalue weighted by Crippen LogP contribution is -2.19. The molecule has 0 heterocycles. The number of ether oxygens (including phenoxy) is 3. The molecule has 0 fully saturated rings. The van der Waals surface area contributed by atoms with E-state index in [1.54, 1.807) is 21.3 Å². The van der Waals surface area contributed by atoms with E-state index in [4.69, 9.17) is 26.4 Å². The highest BCUT2D eigenvalue weighted by Crippen LogP contribution is 2.30. The Morgan fingerprint density at radius 1 is 0.818 bits per heavy atom. The number of anilines is 2. The molecule has 6 heteroatoms. The van der Waals surface area contributed by atoms with Gasteiger partial charge in [-0.05, 0) is 36.5 Å². The molecule has 0 aromatic heterocycles. The Bertz CT molecular complexity index is 662. The molecular weight excluding hydrogens is 300 g/mol. The first-order valence-electron chi connectivity index (χ1n) is 6.61. The Balaban J connectivity index is 2.09. The summed E-state index contributed by atoms with van der Waals surface area (Å²) < 4.78 is 15.7. The van der Waals surface area contributed by atoms with Gasteiger partial charge in [0.2, 0.25) is 0 Å². The standard InChI is InChI=1S/C16H18N2O3S/c1-19-13-7-5-4-6-12(13)18-16(22)17-11-8-9-14(20-2)15(10-11)21-3/h4-10H,1-3H3,(H2,17,18,22). The summed E-state index contributed by atoms with van der Waals surface area (Å²) in [4.78, 5) is 0. The Hall–Kier alpha value is -2.47. The average Bonchev–Trinajstić information content (AvgIpc) is 2.55. The zero-order chi connectivity index (χ0) is 15.9. The lowest BCUT2D eigenvalue weighted by Gasteiger charge is -2.14. The number of methoxy groups -OCH3 is 3. The predicted molar refractivity (Wildman–Crippen MR) is 92.4 cm³/mol. The Kier molecular flexibility index (Phi) is 5.43. The molecule has 116 valence electrons. The second-order valence-corrected chi connectivity index (χ2v) is 4.76. The molecule has 0 spiro atoms. The number of nitrogens with one attached hydrogen (secondary N) is 2. The Morgan fingerprint density at radius 2 is 1.50 bits per heavy atom. The van der Waals surface area contributed by atoms with Crippen LogP contribution in [-0.2, 0) is 0 Å². The van der Waals surface area contributed by atoms with E-state index >= 15 is 0 Å². The zero-order valence-corrected chi connectivity index (χ0v) is 13.5. The van der Waals surface area contributed by atoms with E-state index in [-0.39, 0.29) is 0 Å². The van der Waals surface area contributed by atoms with E-state index in [9.17, 15) is 0 Å². The van der Waals surface area contributed by atoms with E-state index < -0.39 is 0 Å². The van der Waals surface area contributed by atoms with Crippen molar-refractivity contribution in [2.45, 2.75) is 0 Å². The first-order valence-corrected chi connectivity index (χ1v) is 7.01. The van der Waals surface area contributed by atoms with Crippen LogP contribution in [0.2, 0.25) is 0 Å². The fourth-order valence-electron chi connectivity index (χ4n) is 1.95. The maximum atomic E-state index is 5.32. The van der Waals surface area contributed by atoms with Gasteiger partial charge in [-0.2, -0.15) is 0 Å². The van der Waals surface area contributed by atoms with Gasteiger partial charge in [-0.25, -0.2) is 0 Å². The molecule has 2 aromatic carbocycles. The molecule has 5 nitrogen and oxygen atoms in total. The first kappa shape index (κ1) is 15.9. The monoisotopic (exact) mass is 318 g/mol. The molecule has 0 unspecified atom stereocenters. The van der Waals surface area contributed by atoms with Crippen molar-refractivity contribution >= 4 is 28.7 Å². The molecule has 0 aliphatic carbocycles. The summed E-state index contributed by atoms with van der Waals surface area (Å²) in [5.74, 6) is 2.02. The van der Waals surface area contributed by atoms with Crippen molar-refractivity contribution in [1.29, 1.82) is 0 Å². The van der Waals surface area contributed by atoms with Gasteiger partial charge < -0.3 is 24.8 Å². The van der Waals surface area contributed by atoms with Gasteiger partial charge in [0.05, 0.1) is 27.0 Å². The van der Waals surface area contributed by atoms with E-state index in [1.807, 2.05) is 42.5 Å². The molecule has 0 saturated carbocycles. The molecule has 2 N–H and O–H groups in total. The molecule has 2 rings (SSSR count). The van der Waals surface area contributed by atoms with Gasteiger partial charge in [-0.1, -0.05) is 12.1 Å². The summed E-state index contributed by atoms with van der Waals surface area (Å²) in [5, 5.41) is 6.65. The fraction of sp³-hybridized carbons (Fsp3) is 0.188. The highest BCUT2D eigenvalue weighted by atomic mass is 32.1. The number of benzene rings is 2. The van der Waals surface area contributed by atoms with Gasteiger partial charge in [0.1, 0.15) is 5.75 Å². The van der Waals surface area contributed by atoms with Crippen LogP contribution < -0.4 is 24.8 Å². The number of thiocarbonyl (C=S) groups is 1. The van der Waals surface area contributed by atoms with Gasteiger partial charge in [-0.15, -0.1) is 0 Å². The maximum Gasteiger partial charge on any atom is 0.175 e. The molecule has 0 amide bonds. The predicted octanol–water partition coefficient (Wildman–Crippen LogP) is 3.52. The van der Waals surface area contributed by atoms with Crippen LogP contribution in [0.15, 0.2) is 42.5 Å². The normalized spacial score (nSPS) is 9.77. The molecule has 22 heavy (non-hydrogen) atoms. The van der Waals surface area contributed by atoms with Crippen LogP contribution in [-0.4, -0.2) is 26.4 Å². The average molecular weight is 318 g/mol. The van der Waals surface area contributed by atoms with Crippen molar-refractivity contribution < 1.29 is 14.2 Å². The minimum Gasteiger partial charge on any atom is -0.495 e. The number of rotatable bonds is 5. The first-order chi connectivity index (χ1) is 10.7. The smallest absolute Gasteiger partial charge is 0.175 e. The summed E-state index contributed by atoms with van der Waals surface area (Å²) in [5.41, 5.74) is 1.59. The molecule has 0 radical (unpaired) electrons. The second-order valence-electron chi connectivity index (χ2n) is 4.35. The fourth-order valence-corrected chi connectivity index (χ4v) is 2.17. The van der Waals surface area contributed by atoms with Crippen LogP contribution >= 0.6 is 12.2 Å². The van der Waals surface area contributed by atoms with E-state index in [0.717, 1.165) is 17.1 Å². The van der Waals surface area contributed by atoms with Crippen molar-refractivity contribution in [3.63, 3.8) is 0 Å². The second kappa shape index (κ2) is 7.51. The molecule has 0 aliphatic rings. The van der Waals surface area contributed by atoms with Crippen molar-refractivity contribution in [2.75, 3.05) is 32.0 Å². The summed E-state index contributed by atoms with van der Waals surface area (Å²) >= 11 is 5.32. The Labute approximate surface area is 135 Å². The molecule has 0 aliphatic heterocycles. The summed E-state index contributed by atoms with van der Waals surface area (Å²) in [7, 11) is 4.80. The number of hydrogen-bond acceptors (Lipinski definition) is 4. The van der Waals surface area contributed by atoms with Crippen LogP contribution in [0.1, 0.15) is 0 Å². The number of para-hydroxylation sites is 2. The third-order valence-corrected chi connectivity index (χ3v) is 3.20. The topological polar surface area (TPSA) is 51.8 Å². The van der Waals surface area contributed by atoms with Gasteiger partial charge in [0, 0.05) is 11.8 Å². The van der Waals surface area contributed by atoms with Crippen LogP contribution in [0.4, 0.5) is 11.4 Å². The third kappa shape index (κ3) is 3.79. The van der Waals surface area contributed by atoms with Crippen LogP contribution in [0.25, 0.3) is 0 Å². The summed E-state index contributed by atoms with van der Waals surface area (Å²) in [6.07, 6.45) is 0. The van der Waals surface area contributed by atoms with Gasteiger partial charge in [0.15, 0.2) is 16.6 Å². The van der Waals surface area contributed by atoms with Crippen LogP contribution in [0, 0.1) is 0 Å². The van der Waals surface area contributed by atoms with E-state index in [0.29, 0.717) is 16.6 Å². The van der Waals surface area contributed by atoms with Crippen molar-refractivity contribution in [3.8, 4) is 17.2 Å². The molecular formula is C16H18N2O3S. The lowest BCUT2D eigenvalue weighted by molar-refractivity contribution is 0.355. The maximum absolute atomic E-state index is 5.32. The van der Waals surface area contributed by atoms with Crippen molar-refractivity contribution in [2.24, 2.45) is 0 Å². The largest absolute Gasteiger partial charge is 0.495 e. The minimum atomic E-state index is 0.455. The Morgan fingerprint density at radius 3 is 2.18 bits per heavy atom. The van der Waals surface area contributed by atoms with Crippen LogP contribution in [0.3, 0.4) is 0 Å². The number of hydrogen-bond donors (Lipinski definition) is 2. The van der Waals surface area contributed by atoms with Gasteiger partial charge >= 0.3 is 0 Å². The lowest BCUT2D eigenvalue weighted by atomic mass is 10.2. The van der Waals surface area contributed by atoms with Crippen molar-refractivity contribution in [1.82, 2.24) is 0 Å². The summed E-state index contributed by atoms with van der Waals surface area (Å²) in [6, 6.07) is 13.0. The highest BCUT2D eigenvalue weighted by molar-refractivity contribution is 7.80. The van der Waals surface area contributed by atoms with Gasteiger partial charge in [-0.3, -0.25) is 0 Å². The van der Waals surface area contributed by atoms with Crippen molar-refractivity contribution in [3.05, 3.63) is 42.5 Å². The molecule has 0 bridgehead atoms. The zero-order valence-electron chi connectivity index (χ0n) is 12.7. The molecule has 0 atom stereocenters. The summed E-state index contributed by atoms with van der Waals surface area (Å²) in [6.45, 7) is 0. The molecule has 2 aromatic rings. The quantitative estimate of drug-likeness (QED) is 0.823.